The van der Waals surface area contributed by atoms with Crippen LogP contribution in [0, 0.1) is 0 Å². The molecule has 3 rings (SSSR count). The van der Waals surface area contributed by atoms with E-state index in [2.05, 4.69) is 0 Å². The van der Waals surface area contributed by atoms with Gasteiger partial charge in [0.1, 0.15) is 23.4 Å². The third-order valence-electron chi connectivity index (χ3n) is 3.51. The van der Waals surface area contributed by atoms with Gasteiger partial charge in [0.05, 0.1) is 6.10 Å². The van der Waals surface area contributed by atoms with Crippen LogP contribution in [0.15, 0.2) is 30.3 Å². The van der Waals surface area contributed by atoms with Crippen molar-refractivity contribution >= 4 is 27.3 Å². The summed E-state index contributed by atoms with van der Waals surface area (Å²) >= 11 is 0. The molecule has 0 unspecified atom stereocenters. The molecule has 0 bridgehead atoms. The van der Waals surface area contributed by atoms with Gasteiger partial charge in [-0.2, -0.15) is 0 Å². The number of hydrogen-bond acceptors (Lipinski definition) is 6. The second-order valence-corrected chi connectivity index (χ2v) is 5.00. The van der Waals surface area contributed by atoms with Crippen molar-refractivity contribution in [2.24, 2.45) is 0 Å². The maximum atomic E-state index is 10.2. The Morgan fingerprint density at radius 2 is 1.64 bits per heavy atom. The summed E-state index contributed by atoms with van der Waals surface area (Å²) in [6.07, 6.45) is -1.56. The van der Waals surface area contributed by atoms with Crippen LogP contribution in [-0.2, 0) is 6.42 Å². The summed E-state index contributed by atoms with van der Waals surface area (Å²) in [6.45, 7) is 0. The summed E-state index contributed by atoms with van der Waals surface area (Å²) in [4.78, 5) is 0. The zero-order valence-electron chi connectivity index (χ0n) is 11.4. The molecule has 4 radical (unpaired) electrons. The minimum Gasteiger partial charge on any atom is -0.508 e. The number of hydrogen-bond donors (Lipinski definition) is 5. The van der Waals surface area contributed by atoms with Gasteiger partial charge in [0.15, 0.2) is 11.5 Å². The van der Waals surface area contributed by atoms with Crippen molar-refractivity contribution in [1.29, 1.82) is 0 Å². The predicted octanol–water partition coefficient (Wildman–Crippen LogP) is 1.17. The average molecular weight is 497 g/mol. The van der Waals surface area contributed by atoms with E-state index >= 15 is 0 Å². The number of phenols is 4. The van der Waals surface area contributed by atoms with E-state index in [1.807, 2.05) is 0 Å². The van der Waals surface area contributed by atoms with Crippen molar-refractivity contribution in [1.82, 2.24) is 0 Å². The molecule has 5 N–H and O–H groups in total. The van der Waals surface area contributed by atoms with Gasteiger partial charge in [0.25, 0.3) is 0 Å². The van der Waals surface area contributed by atoms with Gasteiger partial charge in [-0.15, -0.1) is 0 Å². The van der Waals surface area contributed by atoms with Crippen LogP contribution in [0.1, 0.15) is 17.2 Å². The number of aromatic hydroxyl groups is 4. The smallest absolute Gasteiger partial charge is 0.157 e. The SMILES string of the molecule is Oc1cc(O)c2c(c1)O[C@H](c1ccc(O)c(O)c1)[C@H](O)C2.[Pb]. The maximum Gasteiger partial charge on any atom is 0.157 e. The molecule has 0 saturated heterocycles. The molecule has 0 spiro atoms. The molecule has 0 aromatic heterocycles. The molecule has 1 heterocycles. The quantitative estimate of drug-likeness (QED) is 0.299. The minimum absolute atomic E-state index is 0. The molecule has 6 nitrogen and oxygen atoms in total. The number of rotatable bonds is 1. The summed E-state index contributed by atoms with van der Waals surface area (Å²) in [7, 11) is 0. The van der Waals surface area contributed by atoms with Gasteiger partial charge in [0.2, 0.25) is 0 Å². The zero-order valence-corrected chi connectivity index (χ0v) is 15.3. The number of ether oxygens (including phenoxy) is 1. The van der Waals surface area contributed by atoms with E-state index in [1.54, 1.807) is 0 Å². The van der Waals surface area contributed by atoms with E-state index in [0.717, 1.165) is 0 Å². The molecule has 0 aliphatic carbocycles. The van der Waals surface area contributed by atoms with Crippen LogP contribution in [-0.4, -0.2) is 58.9 Å². The number of aliphatic hydroxyl groups is 1. The van der Waals surface area contributed by atoms with Crippen molar-refractivity contribution in [2.75, 3.05) is 0 Å². The Bertz CT molecular complexity index is 703. The van der Waals surface area contributed by atoms with Gasteiger partial charge in [-0.05, 0) is 17.7 Å². The van der Waals surface area contributed by atoms with E-state index in [4.69, 9.17) is 4.74 Å². The molecule has 0 fully saturated rings. The molecule has 0 amide bonds. The predicted molar refractivity (Wildman–Crippen MR) is 78.4 cm³/mol. The Hall–Kier alpha value is -1.68. The molecule has 2 atom stereocenters. The van der Waals surface area contributed by atoms with Crippen LogP contribution in [0.4, 0.5) is 0 Å². The molecule has 2 aromatic rings. The minimum atomic E-state index is -0.933. The number of benzene rings is 2. The summed E-state index contributed by atoms with van der Waals surface area (Å²) in [5.41, 5.74) is 0.894. The first kappa shape index (κ1) is 16.7. The van der Waals surface area contributed by atoms with Crippen LogP contribution in [0.2, 0.25) is 0 Å². The van der Waals surface area contributed by atoms with Crippen LogP contribution < -0.4 is 4.74 Å². The van der Waals surface area contributed by atoms with E-state index in [9.17, 15) is 25.5 Å². The van der Waals surface area contributed by atoms with Crippen LogP contribution >= 0.6 is 0 Å². The topological polar surface area (TPSA) is 110 Å². The molecule has 22 heavy (non-hydrogen) atoms. The first-order valence-corrected chi connectivity index (χ1v) is 6.37. The maximum absolute atomic E-state index is 10.2. The van der Waals surface area contributed by atoms with Gasteiger partial charge >= 0.3 is 0 Å². The van der Waals surface area contributed by atoms with Crippen molar-refractivity contribution in [3.05, 3.63) is 41.5 Å². The van der Waals surface area contributed by atoms with Crippen LogP contribution in [0.3, 0.4) is 0 Å². The van der Waals surface area contributed by atoms with E-state index in [-0.39, 0.29) is 62.5 Å². The monoisotopic (exact) mass is 498 g/mol. The molecule has 2 aromatic carbocycles. The fourth-order valence-electron chi connectivity index (χ4n) is 2.47. The number of aliphatic hydroxyl groups excluding tert-OH is 1. The molecular weight excluding hydrogens is 483 g/mol. The fraction of sp³-hybridized carbons (Fsp3) is 0.200. The molecule has 1 aliphatic rings. The van der Waals surface area contributed by atoms with Crippen LogP contribution in [0.25, 0.3) is 0 Å². The van der Waals surface area contributed by atoms with Crippen molar-refractivity contribution in [2.45, 2.75) is 18.6 Å². The average Bonchev–Trinajstić information content (AvgIpc) is 2.42. The van der Waals surface area contributed by atoms with Crippen molar-refractivity contribution in [3.8, 4) is 28.7 Å². The van der Waals surface area contributed by atoms with Gasteiger partial charge in [-0.3, -0.25) is 0 Å². The second-order valence-electron chi connectivity index (χ2n) is 5.00. The first-order valence-electron chi connectivity index (χ1n) is 6.37. The molecule has 114 valence electrons. The Balaban J connectivity index is 0.00000176. The van der Waals surface area contributed by atoms with Gasteiger partial charge in [0, 0.05) is 51.4 Å². The summed E-state index contributed by atoms with van der Waals surface area (Å²) in [6, 6.07) is 6.67. The second kappa shape index (κ2) is 6.21. The van der Waals surface area contributed by atoms with Crippen molar-refractivity contribution < 1.29 is 30.3 Å². The summed E-state index contributed by atoms with van der Waals surface area (Å²) in [5, 5.41) is 48.3. The van der Waals surface area contributed by atoms with E-state index in [0.29, 0.717) is 11.1 Å². The zero-order chi connectivity index (χ0) is 15.1. The van der Waals surface area contributed by atoms with E-state index < -0.39 is 12.2 Å². The molecule has 0 saturated carbocycles. The molecule has 7 heteroatoms. The Labute approximate surface area is 146 Å². The van der Waals surface area contributed by atoms with E-state index in [1.165, 1.54) is 30.3 Å². The Morgan fingerprint density at radius 3 is 2.32 bits per heavy atom. The van der Waals surface area contributed by atoms with Crippen LogP contribution in [0.5, 0.6) is 28.7 Å². The number of phenolic OH excluding ortho intramolecular Hbond substituents is 4. The molecular formula is C15H14O6Pb. The summed E-state index contributed by atoms with van der Waals surface area (Å²) < 4.78 is 5.62. The fourth-order valence-corrected chi connectivity index (χ4v) is 2.47. The largest absolute Gasteiger partial charge is 0.508 e. The van der Waals surface area contributed by atoms with Crippen molar-refractivity contribution in [3.63, 3.8) is 0 Å². The van der Waals surface area contributed by atoms with Gasteiger partial charge < -0.3 is 30.3 Å². The summed E-state index contributed by atoms with van der Waals surface area (Å²) in [5.74, 6) is -0.589. The third-order valence-corrected chi connectivity index (χ3v) is 3.51. The normalized spacial score (nSPS) is 19.7. The third kappa shape index (κ3) is 2.93. The first-order chi connectivity index (χ1) is 9.95. The van der Waals surface area contributed by atoms with Gasteiger partial charge in [-0.1, -0.05) is 6.07 Å². The Morgan fingerprint density at radius 1 is 0.909 bits per heavy atom. The Kier molecular flexibility index (Phi) is 4.71. The van der Waals surface area contributed by atoms with Gasteiger partial charge in [-0.25, -0.2) is 0 Å². The number of fused-ring (bicyclic) bond motifs is 1. The molecule has 1 aliphatic heterocycles. The standard InChI is InChI=1S/C15H14O6.Pb/c16-8-4-11(18)9-6-13(20)15(21-14(9)5-8)7-1-2-10(17)12(19)3-7;/h1-5,13,15-20H,6H2;/t13-,15-;/m1./s1.